The number of carbonyl (C=O) groups excluding carboxylic acids is 1. The quantitative estimate of drug-likeness (QED) is 0.677. The molecule has 1 aliphatic heterocycles. The number of thioether (sulfide) groups is 1. The normalized spacial score (nSPS) is 23.3. The first-order valence-electron chi connectivity index (χ1n) is 6.59. The van der Waals surface area contributed by atoms with E-state index < -0.39 is 27.1 Å². The zero-order chi connectivity index (χ0) is 16.7. The van der Waals surface area contributed by atoms with Crippen LogP contribution < -0.4 is 0 Å². The Hall–Kier alpha value is -2.09. The van der Waals surface area contributed by atoms with Crippen LogP contribution in [0.4, 0.5) is 5.69 Å². The van der Waals surface area contributed by atoms with Crippen molar-refractivity contribution in [2.75, 3.05) is 0 Å². The number of nitrogens with zero attached hydrogens (tertiary/aromatic N) is 2. The topological polar surface area (TPSA) is 101 Å². The summed E-state index contributed by atoms with van der Waals surface area (Å²) in [6.07, 6.45) is 0. The van der Waals surface area contributed by atoms with Gasteiger partial charge in [-0.25, -0.2) is 4.79 Å². The van der Waals surface area contributed by atoms with Crippen LogP contribution >= 0.6 is 11.8 Å². The number of amides is 1. The highest BCUT2D eigenvalue weighted by Crippen LogP contribution is 2.52. The van der Waals surface area contributed by atoms with E-state index >= 15 is 0 Å². The second-order valence-electron chi connectivity index (χ2n) is 5.59. The molecule has 1 heterocycles. The van der Waals surface area contributed by atoms with Crippen molar-refractivity contribution in [1.82, 2.24) is 4.90 Å². The summed E-state index contributed by atoms with van der Waals surface area (Å²) in [5.41, 5.74) is 0.623. The maximum atomic E-state index is 11.9. The largest absolute Gasteiger partial charge is 0.480 e. The molecule has 0 unspecified atom stereocenters. The van der Waals surface area contributed by atoms with Crippen LogP contribution in [0.5, 0.6) is 0 Å². The maximum absolute atomic E-state index is 11.9. The molecular weight excluding hydrogens is 308 g/mol. The smallest absolute Gasteiger partial charge is 0.327 e. The number of nitro benzene ring substituents is 1. The monoisotopic (exact) mass is 324 g/mol. The van der Waals surface area contributed by atoms with E-state index in [1.807, 2.05) is 0 Å². The summed E-state index contributed by atoms with van der Waals surface area (Å²) in [4.78, 5) is 35.0. The van der Waals surface area contributed by atoms with Gasteiger partial charge in [-0.05, 0) is 31.5 Å². The molecule has 1 aliphatic rings. The van der Waals surface area contributed by atoms with Crippen LogP contribution in [0.25, 0.3) is 0 Å². The molecule has 118 valence electrons. The van der Waals surface area contributed by atoms with Crippen molar-refractivity contribution in [2.24, 2.45) is 0 Å². The first-order chi connectivity index (χ1) is 10.1. The fraction of sp³-hybridized carbons (Fsp3) is 0.429. The number of hydrogen-bond acceptors (Lipinski definition) is 5. The van der Waals surface area contributed by atoms with Gasteiger partial charge in [-0.1, -0.05) is 0 Å². The Labute approximate surface area is 131 Å². The molecule has 0 spiro atoms. The van der Waals surface area contributed by atoms with Crippen molar-refractivity contribution in [3.05, 3.63) is 39.9 Å². The van der Waals surface area contributed by atoms with E-state index in [1.165, 1.54) is 35.7 Å². The van der Waals surface area contributed by atoms with Crippen LogP contribution in [-0.2, 0) is 9.59 Å². The molecule has 8 heteroatoms. The first-order valence-corrected chi connectivity index (χ1v) is 7.47. The van der Waals surface area contributed by atoms with E-state index in [4.69, 9.17) is 0 Å². The minimum absolute atomic E-state index is 0.0461. The molecule has 1 fully saturated rings. The molecule has 1 amide bonds. The van der Waals surface area contributed by atoms with Crippen LogP contribution in [0.1, 0.15) is 31.7 Å². The van der Waals surface area contributed by atoms with E-state index in [-0.39, 0.29) is 11.6 Å². The van der Waals surface area contributed by atoms with Gasteiger partial charge in [0.2, 0.25) is 5.91 Å². The molecule has 1 aromatic rings. The number of hydrogen-bond donors (Lipinski definition) is 1. The van der Waals surface area contributed by atoms with Crippen LogP contribution in [0.2, 0.25) is 0 Å². The number of nitro groups is 1. The molecule has 2 atom stereocenters. The van der Waals surface area contributed by atoms with Gasteiger partial charge in [0.25, 0.3) is 5.69 Å². The lowest BCUT2D eigenvalue weighted by molar-refractivity contribution is -0.384. The van der Waals surface area contributed by atoms with E-state index in [0.717, 1.165) is 0 Å². The van der Waals surface area contributed by atoms with E-state index in [2.05, 4.69) is 0 Å². The van der Waals surface area contributed by atoms with Gasteiger partial charge in [-0.2, -0.15) is 0 Å². The SMILES string of the molecule is CC(=O)N1[C@@H](c2ccc([N+](=O)[O-])cc2)SC(C)(C)[C@H]1C(=O)O. The predicted molar refractivity (Wildman–Crippen MR) is 81.5 cm³/mol. The lowest BCUT2D eigenvalue weighted by atomic mass is 10.0. The van der Waals surface area contributed by atoms with Gasteiger partial charge >= 0.3 is 5.97 Å². The molecule has 0 saturated carbocycles. The summed E-state index contributed by atoms with van der Waals surface area (Å²) >= 11 is 1.36. The Balaban J connectivity index is 2.43. The number of non-ortho nitro benzene ring substituents is 1. The molecule has 7 nitrogen and oxygen atoms in total. The van der Waals surface area contributed by atoms with Gasteiger partial charge in [-0.15, -0.1) is 11.8 Å². The molecule has 2 rings (SSSR count). The zero-order valence-corrected chi connectivity index (χ0v) is 13.2. The Morgan fingerprint density at radius 1 is 1.32 bits per heavy atom. The summed E-state index contributed by atoms with van der Waals surface area (Å²) in [5.74, 6) is -1.40. The standard InChI is InChI=1S/C14H16N2O5S/c1-8(17)15-11(13(18)19)14(2,3)22-12(15)9-4-6-10(7-5-9)16(20)21/h4-7,11-12H,1-3H3,(H,18,19)/t11-,12-/m1/s1. The van der Waals surface area contributed by atoms with Crippen molar-refractivity contribution in [3.8, 4) is 0 Å². The lowest BCUT2D eigenvalue weighted by Gasteiger charge is -2.28. The van der Waals surface area contributed by atoms with E-state index in [9.17, 15) is 24.8 Å². The number of carboxylic acid groups (broad SMARTS) is 1. The van der Waals surface area contributed by atoms with Crippen molar-refractivity contribution >= 4 is 29.3 Å². The summed E-state index contributed by atoms with van der Waals surface area (Å²) < 4.78 is -0.663. The molecule has 0 bridgehead atoms. The molecule has 1 saturated heterocycles. The van der Waals surface area contributed by atoms with Crippen LogP contribution in [0.3, 0.4) is 0 Å². The highest BCUT2D eigenvalue weighted by molar-refractivity contribution is 8.01. The number of carboxylic acids is 1. The van der Waals surface area contributed by atoms with Gasteiger partial charge in [0.15, 0.2) is 0 Å². The Morgan fingerprint density at radius 3 is 2.27 bits per heavy atom. The van der Waals surface area contributed by atoms with Crippen molar-refractivity contribution in [3.63, 3.8) is 0 Å². The van der Waals surface area contributed by atoms with Gasteiger partial charge in [0.1, 0.15) is 11.4 Å². The van der Waals surface area contributed by atoms with E-state index in [1.54, 1.807) is 26.0 Å². The average Bonchev–Trinajstić information content (AvgIpc) is 2.70. The van der Waals surface area contributed by atoms with Gasteiger partial charge < -0.3 is 10.0 Å². The highest BCUT2D eigenvalue weighted by Gasteiger charge is 2.52. The molecular formula is C14H16N2O5S. The number of carbonyl (C=O) groups is 2. The molecule has 0 aromatic heterocycles. The zero-order valence-electron chi connectivity index (χ0n) is 12.3. The van der Waals surface area contributed by atoms with Gasteiger partial charge in [0.05, 0.1) is 4.92 Å². The fourth-order valence-electron chi connectivity index (χ4n) is 2.63. The predicted octanol–water partition coefficient (Wildman–Crippen LogP) is 2.42. The number of rotatable bonds is 3. The van der Waals surface area contributed by atoms with Crippen LogP contribution in [0.15, 0.2) is 24.3 Å². The average molecular weight is 324 g/mol. The summed E-state index contributed by atoms with van der Waals surface area (Å²) in [6, 6.07) is 4.89. The molecule has 0 aliphatic carbocycles. The molecule has 1 aromatic carbocycles. The third-order valence-electron chi connectivity index (χ3n) is 3.59. The molecule has 0 radical (unpaired) electrons. The van der Waals surface area contributed by atoms with Crippen molar-refractivity contribution < 1.29 is 19.6 Å². The number of aliphatic carboxylic acids is 1. The van der Waals surface area contributed by atoms with Crippen LogP contribution in [-0.4, -0.2) is 37.6 Å². The Morgan fingerprint density at radius 2 is 1.86 bits per heavy atom. The Bertz CT molecular complexity index is 629. The molecule has 1 N–H and O–H groups in total. The minimum Gasteiger partial charge on any atom is -0.480 e. The number of benzene rings is 1. The van der Waals surface area contributed by atoms with Gasteiger partial charge in [0, 0.05) is 23.8 Å². The third-order valence-corrected chi connectivity index (χ3v) is 5.14. The third kappa shape index (κ3) is 2.78. The fourth-order valence-corrected chi connectivity index (χ4v) is 4.23. The highest BCUT2D eigenvalue weighted by atomic mass is 32.2. The minimum atomic E-state index is -1.06. The maximum Gasteiger partial charge on any atom is 0.327 e. The summed E-state index contributed by atoms with van der Waals surface area (Å²) in [6.45, 7) is 4.88. The first kappa shape index (κ1) is 16.3. The van der Waals surface area contributed by atoms with Crippen molar-refractivity contribution in [1.29, 1.82) is 0 Å². The second kappa shape index (κ2) is 5.60. The Kier molecular flexibility index (Phi) is 4.15. The van der Waals surface area contributed by atoms with Gasteiger partial charge in [-0.3, -0.25) is 14.9 Å². The van der Waals surface area contributed by atoms with E-state index in [0.29, 0.717) is 5.56 Å². The summed E-state index contributed by atoms with van der Waals surface area (Å²) in [7, 11) is 0. The second-order valence-corrected chi connectivity index (χ2v) is 7.32. The summed E-state index contributed by atoms with van der Waals surface area (Å²) in [5, 5.41) is 19.7. The lowest BCUT2D eigenvalue weighted by Crippen LogP contribution is -2.48. The van der Waals surface area contributed by atoms with Crippen LogP contribution in [0, 0.1) is 10.1 Å². The molecule has 22 heavy (non-hydrogen) atoms. The van der Waals surface area contributed by atoms with Crippen molar-refractivity contribution in [2.45, 2.75) is 36.9 Å².